The molecule has 0 bridgehead atoms. The standard InChI is InChI=1S/C8H4N4O4S2/c13-7(14)5-1-4(12(15)16)2-9-6(5)18-8-11-10-3-17-8/h1-3H,(H,13,14). The molecule has 0 aliphatic heterocycles. The molecule has 0 atom stereocenters. The van der Waals surface area contributed by atoms with E-state index in [0.29, 0.717) is 4.34 Å². The monoisotopic (exact) mass is 284 g/mol. The number of nitro groups is 1. The van der Waals surface area contributed by atoms with Crippen LogP contribution in [0.5, 0.6) is 0 Å². The molecule has 0 spiro atoms. The second-order valence-electron chi connectivity index (χ2n) is 2.92. The molecule has 0 amide bonds. The van der Waals surface area contributed by atoms with E-state index in [0.717, 1.165) is 24.0 Å². The highest BCUT2D eigenvalue weighted by molar-refractivity contribution is 8.01. The fraction of sp³-hybridized carbons (Fsp3) is 0. The SMILES string of the molecule is O=C(O)c1cc([N+](=O)[O-])cnc1Sc1nncs1. The van der Waals surface area contributed by atoms with Crippen LogP contribution in [0.25, 0.3) is 0 Å². The van der Waals surface area contributed by atoms with E-state index in [1.807, 2.05) is 0 Å². The topological polar surface area (TPSA) is 119 Å². The van der Waals surface area contributed by atoms with E-state index in [2.05, 4.69) is 15.2 Å². The zero-order valence-corrected chi connectivity index (χ0v) is 10.1. The predicted molar refractivity (Wildman–Crippen MR) is 61.9 cm³/mol. The van der Waals surface area contributed by atoms with Crippen molar-refractivity contribution in [2.24, 2.45) is 0 Å². The molecule has 0 aliphatic rings. The summed E-state index contributed by atoms with van der Waals surface area (Å²) < 4.78 is 0.513. The highest BCUT2D eigenvalue weighted by Crippen LogP contribution is 2.31. The summed E-state index contributed by atoms with van der Waals surface area (Å²) in [6, 6.07) is 0.971. The van der Waals surface area contributed by atoms with Crippen LogP contribution in [-0.2, 0) is 0 Å². The number of nitrogens with zero attached hydrogens (tertiary/aromatic N) is 4. The predicted octanol–water partition coefficient (Wildman–Crippen LogP) is 1.69. The summed E-state index contributed by atoms with van der Waals surface area (Å²) >= 11 is 2.22. The van der Waals surface area contributed by atoms with Crippen molar-refractivity contribution < 1.29 is 14.8 Å². The molecule has 2 aromatic rings. The molecular formula is C8H4N4O4S2. The molecule has 0 aliphatic carbocycles. The van der Waals surface area contributed by atoms with Gasteiger partial charge in [0.1, 0.15) is 16.7 Å². The van der Waals surface area contributed by atoms with Crippen molar-refractivity contribution in [2.75, 3.05) is 0 Å². The van der Waals surface area contributed by atoms with E-state index < -0.39 is 10.9 Å². The summed E-state index contributed by atoms with van der Waals surface area (Å²) in [6.07, 6.45) is 1.01. The Morgan fingerprint density at radius 3 is 2.89 bits per heavy atom. The quantitative estimate of drug-likeness (QED) is 0.665. The number of aromatic carboxylic acids is 1. The molecule has 0 saturated carbocycles. The van der Waals surface area contributed by atoms with Crippen molar-refractivity contribution in [1.82, 2.24) is 15.2 Å². The number of pyridine rings is 1. The fourth-order valence-electron chi connectivity index (χ4n) is 1.07. The lowest BCUT2D eigenvalue weighted by Crippen LogP contribution is -2.02. The Hall–Kier alpha value is -2.07. The van der Waals surface area contributed by atoms with Gasteiger partial charge in [-0.15, -0.1) is 10.2 Å². The van der Waals surface area contributed by atoms with Crippen LogP contribution >= 0.6 is 23.1 Å². The number of hydrogen-bond acceptors (Lipinski definition) is 8. The largest absolute Gasteiger partial charge is 0.478 e. The second-order valence-corrected chi connectivity index (χ2v) is 4.98. The number of carbonyl (C=O) groups is 1. The van der Waals surface area contributed by atoms with Gasteiger partial charge >= 0.3 is 5.97 Å². The minimum absolute atomic E-state index is 0.143. The summed E-state index contributed by atoms with van der Waals surface area (Å²) in [5.74, 6) is -1.28. The van der Waals surface area contributed by atoms with Gasteiger partial charge in [0.15, 0.2) is 4.34 Å². The van der Waals surface area contributed by atoms with Gasteiger partial charge in [-0.05, 0) is 11.8 Å². The van der Waals surface area contributed by atoms with Crippen molar-refractivity contribution in [2.45, 2.75) is 9.37 Å². The normalized spacial score (nSPS) is 10.2. The lowest BCUT2D eigenvalue weighted by atomic mass is 10.3. The highest BCUT2D eigenvalue weighted by atomic mass is 32.2. The van der Waals surface area contributed by atoms with Gasteiger partial charge in [-0.3, -0.25) is 10.1 Å². The van der Waals surface area contributed by atoms with Gasteiger partial charge in [0.25, 0.3) is 5.69 Å². The van der Waals surface area contributed by atoms with E-state index in [-0.39, 0.29) is 16.3 Å². The zero-order chi connectivity index (χ0) is 13.1. The Labute approximate surface area is 108 Å². The average molecular weight is 284 g/mol. The van der Waals surface area contributed by atoms with Gasteiger partial charge in [0.2, 0.25) is 0 Å². The Morgan fingerprint density at radius 2 is 2.33 bits per heavy atom. The van der Waals surface area contributed by atoms with Gasteiger partial charge in [-0.2, -0.15) is 0 Å². The highest BCUT2D eigenvalue weighted by Gasteiger charge is 2.19. The maximum Gasteiger partial charge on any atom is 0.338 e. The maximum atomic E-state index is 11.0. The molecule has 8 nitrogen and oxygen atoms in total. The van der Waals surface area contributed by atoms with Crippen LogP contribution in [0, 0.1) is 10.1 Å². The minimum atomic E-state index is -1.28. The lowest BCUT2D eigenvalue weighted by molar-refractivity contribution is -0.385. The summed E-state index contributed by atoms with van der Waals surface area (Å²) in [7, 11) is 0. The molecule has 10 heteroatoms. The molecule has 2 heterocycles. The molecule has 0 radical (unpaired) electrons. The summed E-state index contributed by atoms with van der Waals surface area (Å²) in [5.41, 5.74) is 0.896. The first-order valence-electron chi connectivity index (χ1n) is 4.39. The molecule has 18 heavy (non-hydrogen) atoms. The number of aromatic nitrogens is 3. The van der Waals surface area contributed by atoms with E-state index in [1.54, 1.807) is 0 Å². The number of rotatable bonds is 4. The molecule has 92 valence electrons. The Balaban J connectivity index is 2.40. The molecular weight excluding hydrogens is 280 g/mol. The lowest BCUT2D eigenvalue weighted by Gasteiger charge is -2.01. The molecule has 0 fully saturated rings. The number of hydrogen-bond donors (Lipinski definition) is 1. The van der Waals surface area contributed by atoms with Gasteiger partial charge < -0.3 is 5.11 Å². The first kappa shape index (κ1) is 12.4. The molecule has 0 aromatic carbocycles. The van der Waals surface area contributed by atoms with E-state index in [4.69, 9.17) is 5.11 Å². The first-order chi connectivity index (χ1) is 8.58. The van der Waals surface area contributed by atoms with Gasteiger partial charge in [0.05, 0.1) is 10.5 Å². The van der Waals surface area contributed by atoms with Crippen molar-refractivity contribution >= 4 is 34.8 Å². The third-order valence-electron chi connectivity index (χ3n) is 1.80. The van der Waals surface area contributed by atoms with Crippen LogP contribution in [0.15, 0.2) is 27.1 Å². The van der Waals surface area contributed by atoms with Gasteiger partial charge in [-0.1, -0.05) is 11.3 Å². The van der Waals surface area contributed by atoms with Crippen LogP contribution < -0.4 is 0 Å². The van der Waals surface area contributed by atoms with E-state index in [9.17, 15) is 14.9 Å². The summed E-state index contributed by atoms with van der Waals surface area (Å²) in [4.78, 5) is 24.6. The van der Waals surface area contributed by atoms with Crippen LogP contribution in [0.4, 0.5) is 5.69 Å². The average Bonchev–Trinajstić information content (AvgIpc) is 2.81. The van der Waals surface area contributed by atoms with E-state index in [1.165, 1.54) is 16.8 Å². The fourth-order valence-corrected chi connectivity index (χ4v) is 2.52. The van der Waals surface area contributed by atoms with E-state index >= 15 is 0 Å². The smallest absolute Gasteiger partial charge is 0.338 e. The van der Waals surface area contributed by atoms with Crippen LogP contribution in [-0.4, -0.2) is 31.2 Å². The van der Waals surface area contributed by atoms with Crippen LogP contribution in [0.2, 0.25) is 0 Å². The summed E-state index contributed by atoms with van der Waals surface area (Å²) in [6.45, 7) is 0. The minimum Gasteiger partial charge on any atom is -0.478 e. The maximum absolute atomic E-state index is 11.0. The summed E-state index contributed by atoms with van der Waals surface area (Å²) in [5, 5.41) is 27.0. The molecule has 0 unspecified atom stereocenters. The Morgan fingerprint density at radius 1 is 1.56 bits per heavy atom. The zero-order valence-electron chi connectivity index (χ0n) is 8.51. The van der Waals surface area contributed by atoms with Crippen LogP contribution in [0.3, 0.4) is 0 Å². The van der Waals surface area contributed by atoms with Crippen LogP contribution in [0.1, 0.15) is 10.4 Å². The molecule has 0 saturated heterocycles. The molecule has 2 aromatic heterocycles. The van der Waals surface area contributed by atoms with Gasteiger partial charge in [0, 0.05) is 6.07 Å². The van der Waals surface area contributed by atoms with Gasteiger partial charge in [-0.25, -0.2) is 9.78 Å². The first-order valence-corrected chi connectivity index (χ1v) is 6.09. The number of carboxylic acid groups (broad SMARTS) is 1. The number of carboxylic acids is 1. The Bertz CT molecular complexity index is 601. The molecule has 1 N–H and O–H groups in total. The van der Waals surface area contributed by atoms with Crippen molar-refractivity contribution in [3.05, 3.63) is 33.5 Å². The van der Waals surface area contributed by atoms with Crippen molar-refractivity contribution in [1.29, 1.82) is 0 Å². The van der Waals surface area contributed by atoms with Crippen molar-refractivity contribution in [3.8, 4) is 0 Å². The third kappa shape index (κ3) is 2.60. The molecule has 2 rings (SSSR count). The van der Waals surface area contributed by atoms with Crippen molar-refractivity contribution in [3.63, 3.8) is 0 Å². The second kappa shape index (κ2) is 5.06. The Kier molecular flexibility index (Phi) is 3.48. The third-order valence-corrected chi connectivity index (χ3v) is 3.60.